The number of hydrogen-bond donors (Lipinski definition) is 0. The van der Waals surface area contributed by atoms with Crippen molar-refractivity contribution in [2.75, 3.05) is 69.1 Å². The summed E-state index contributed by atoms with van der Waals surface area (Å²) in [5.74, 6) is -4.74. The fourth-order valence-corrected chi connectivity index (χ4v) is 1.96. The number of esters is 8. The van der Waals surface area contributed by atoms with Gasteiger partial charge in [-0.2, -0.15) is 0 Å². The van der Waals surface area contributed by atoms with Crippen LogP contribution in [0.3, 0.4) is 0 Å². The van der Waals surface area contributed by atoms with Gasteiger partial charge in [0.1, 0.15) is 19.8 Å². The lowest BCUT2D eigenvalue weighted by molar-refractivity contribution is -0.150. The zero-order chi connectivity index (χ0) is 41.2. The molecule has 2 aliphatic heterocycles. The summed E-state index contributed by atoms with van der Waals surface area (Å²) in [6, 6.07) is 0. The van der Waals surface area contributed by atoms with Gasteiger partial charge in [0, 0.05) is 69.9 Å². The molecule has 0 radical (unpaired) electrons. The predicted octanol–water partition coefficient (Wildman–Crippen LogP) is 0.912. The lowest BCUT2D eigenvalue weighted by atomic mass is 10.4. The van der Waals surface area contributed by atoms with Gasteiger partial charge in [-0.25, -0.2) is 38.4 Å². The molecular formula is C34H50O19. The largest absolute Gasteiger partial charge is 0.466 e. The van der Waals surface area contributed by atoms with Crippen LogP contribution in [0, 0.1) is 0 Å². The number of rotatable bonds is 15. The quantitative estimate of drug-likeness (QED) is 0.0740. The second-order valence-corrected chi connectivity index (χ2v) is 9.82. The molecule has 0 amide bonds. The molecule has 2 rings (SSSR count). The minimum atomic E-state index is -0.598. The van der Waals surface area contributed by atoms with E-state index in [1.54, 1.807) is 20.8 Å². The maximum absolute atomic E-state index is 10.9. The van der Waals surface area contributed by atoms with Gasteiger partial charge < -0.3 is 52.1 Å². The minimum Gasteiger partial charge on any atom is -0.466 e. The summed E-state index contributed by atoms with van der Waals surface area (Å²) in [6.45, 7) is 8.79. The molecule has 19 nitrogen and oxygen atoms in total. The molecule has 2 heterocycles. The molecule has 0 aromatic rings. The Balaban J connectivity index is -0.000000617. The summed E-state index contributed by atoms with van der Waals surface area (Å²) in [7, 11) is 8.23. The monoisotopic (exact) mass is 762 g/mol. The maximum Gasteiger partial charge on any atom is 0.338 e. The first-order valence-corrected chi connectivity index (χ1v) is 15.4. The first kappa shape index (κ1) is 52.1. The van der Waals surface area contributed by atoms with Crippen molar-refractivity contribution < 1.29 is 90.5 Å². The Labute approximate surface area is 308 Å². The second kappa shape index (κ2) is 33.9. The number of cyclic esters (lactones) is 2. The Morgan fingerprint density at radius 3 is 0.943 bits per heavy atom. The average Bonchev–Trinajstić information content (AvgIpc) is 3.86. The zero-order valence-electron chi connectivity index (χ0n) is 31.5. The van der Waals surface area contributed by atoms with Crippen LogP contribution in [0.25, 0.3) is 0 Å². The number of carbonyl (C=O) groups excluding carboxylic acids is 8. The standard InChI is InChI=1S/3C9H14O5.C4H2O3.C3H6O/c3*1-7(12-2)6-14-9(11)5-4-8(10)13-3;5-3-1-2-4(6)7-3;1-3-2-4-3/h3*4-5,7H,6H2,1-3H3;1-2H;3H,2H2,1H3/b5-4+;2*5-4-;;. The van der Waals surface area contributed by atoms with E-state index in [2.05, 4.69) is 25.9 Å². The fourth-order valence-electron chi connectivity index (χ4n) is 1.96. The molecule has 0 N–H and O–H groups in total. The van der Waals surface area contributed by atoms with Gasteiger partial charge >= 0.3 is 47.8 Å². The van der Waals surface area contributed by atoms with Crippen LogP contribution >= 0.6 is 0 Å². The van der Waals surface area contributed by atoms with Gasteiger partial charge in [0.25, 0.3) is 0 Å². The molecule has 0 saturated carbocycles. The highest BCUT2D eigenvalue weighted by Crippen LogP contribution is 2.04. The molecule has 0 aromatic heterocycles. The second-order valence-electron chi connectivity index (χ2n) is 9.82. The van der Waals surface area contributed by atoms with E-state index in [0.29, 0.717) is 6.10 Å². The Bertz CT molecular complexity index is 1120. The van der Waals surface area contributed by atoms with E-state index in [-0.39, 0.29) is 38.1 Å². The van der Waals surface area contributed by atoms with Gasteiger partial charge in [-0.3, -0.25) is 0 Å². The third kappa shape index (κ3) is 39.4. The maximum atomic E-state index is 10.9. The summed E-state index contributed by atoms with van der Waals surface area (Å²) in [5.41, 5.74) is 0. The van der Waals surface area contributed by atoms with E-state index in [9.17, 15) is 38.4 Å². The van der Waals surface area contributed by atoms with Crippen molar-refractivity contribution >= 4 is 47.8 Å². The third-order valence-electron chi connectivity index (χ3n) is 5.31. The van der Waals surface area contributed by atoms with E-state index < -0.39 is 47.8 Å². The van der Waals surface area contributed by atoms with Crippen molar-refractivity contribution in [3.8, 4) is 0 Å². The van der Waals surface area contributed by atoms with Crippen LogP contribution in [-0.4, -0.2) is 141 Å². The summed E-state index contributed by atoms with van der Waals surface area (Å²) in [5, 5.41) is 0. The first-order chi connectivity index (χ1) is 25.0. The normalized spacial score (nSPS) is 15.2. The molecule has 0 spiro atoms. The van der Waals surface area contributed by atoms with Gasteiger partial charge in [-0.1, -0.05) is 0 Å². The Morgan fingerprint density at radius 2 is 0.792 bits per heavy atom. The summed E-state index contributed by atoms with van der Waals surface area (Å²) < 4.78 is 50.3. The van der Waals surface area contributed by atoms with Gasteiger partial charge in [0.2, 0.25) is 0 Å². The molecule has 53 heavy (non-hydrogen) atoms. The lowest BCUT2D eigenvalue weighted by Crippen LogP contribution is -2.16. The molecule has 2 aliphatic rings. The van der Waals surface area contributed by atoms with Gasteiger partial charge in [-0.15, -0.1) is 0 Å². The third-order valence-corrected chi connectivity index (χ3v) is 5.31. The fraction of sp³-hybridized carbons (Fsp3) is 0.529. The molecule has 0 aliphatic carbocycles. The van der Waals surface area contributed by atoms with Crippen molar-refractivity contribution in [2.45, 2.75) is 52.1 Å². The zero-order valence-corrected chi connectivity index (χ0v) is 31.5. The van der Waals surface area contributed by atoms with Crippen LogP contribution in [0.15, 0.2) is 48.6 Å². The highest BCUT2D eigenvalue weighted by atomic mass is 16.6. The molecule has 1 fully saturated rings. The van der Waals surface area contributed by atoms with Crippen LogP contribution in [0.1, 0.15) is 27.7 Å². The number of hydrogen-bond acceptors (Lipinski definition) is 19. The van der Waals surface area contributed by atoms with E-state index in [1.165, 1.54) is 42.7 Å². The van der Waals surface area contributed by atoms with Crippen LogP contribution in [0.2, 0.25) is 0 Å². The molecule has 1 saturated heterocycles. The molecule has 19 heteroatoms. The first-order valence-electron chi connectivity index (χ1n) is 15.4. The SMILES string of the molecule is CC1CO1.COC(=O)/C=C/C(=O)OCC(C)OC.COC(=O)/C=C\C(=O)OCC(C)OC.COC(=O)/C=C\C(=O)OCC(C)OC.O=C1C=CC(=O)O1. The molecule has 0 aromatic carbocycles. The number of epoxide rings is 1. The Kier molecular flexibility index (Phi) is 33.3. The van der Waals surface area contributed by atoms with Crippen molar-refractivity contribution in [3.63, 3.8) is 0 Å². The Hall–Kier alpha value is -5.24. The smallest absolute Gasteiger partial charge is 0.338 e. The van der Waals surface area contributed by atoms with Crippen molar-refractivity contribution in [3.05, 3.63) is 48.6 Å². The van der Waals surface area contributed by atoms with E-state index in [1.807, 2.05) is 0 Å². The number of carbonyl (C=O) groups is 8. The van der Waals surface area contributed by atoms with Crippen molar-refractivity contribution in [1.29, 1.82) is 0 Å². The molecule has 4 atom stereocenters. The predicted molar refractivity (Wildman–Crippen MR) is 181 cm³/mol. The molecule has 4 unspecified atom stereocenters. The topological polar surface area (TPSA) is 241 Å². The highest BCUT2D eigenvalue weighted by Gasteiger charge is 2.13. The average molecular weight is 763 g/mol. The molecular weight excluding hydrogens is 712 g/mol. The highest BCUT2D eigenvalue weighted by molar-refractivity contribution is 6.05. The Morgan fingerprint density at radius 1 is 0.566 bits per heavy atom. The summed E-state index contributed by atoms with van der Waals surface area (Å²) >= 11 is 0. The molecule has 300 valence electrons. The van der Waals surface area contributed by atoms with E-state index >= 15 is 0 Å². The van der Waals surface area contributed by atoms with Crippen LogP contribution in [0.5, 0.6) is 0 Å². The summed E-state index contributed by atoms with van der Waals surface area (Å²) in [4.78, 5) is 84.3. The van der Waals surface area contributed by atoms with Crippen LogP contribution in [0.4, 0.5) is 0 Å². The van der Waals surface area contributed by atoms with E-state index in [4.69, 9.17) is 33.2 Å². The van der Waals surface area contributed by atoms with Gasteiger partial charge in [-0.05, 0) is 27.7 Å². The van der Waals surface area contributed by atoms with Crippen molar-refractivity contribution in [1.82, 2.24) is 0 Å². The van der Waals surface area contributed by atoms with E-state index in [0.717, 1.165) is 55.2 Å². The summed E-state index contributed by atoms with van der Waals surface area (Å²) in [6.07, 6.45) is 8.29. The van der Waals surface area contributed by atoms with Gasteiger partial charge in [0.15, 0.2) is 0 Å². The molecule has 0 bridgehead atoms. The van der Waals surface area contributed by atoms with Crippen LogP contribution < -0.4 is 0 Å². The van der Waals surface area contributed by atoms with Crippen LogP contribution in [-0.2, 0) is 90.5 Å². The van der Waals surface area contributed by atoms with Crippen molar-refractivity contribution in [2.24, 2.45) is 0 Å². The van der Waals surface area contributed by atoms with Gasteiger partial charge in [0.05, 0.1) is 52.4 Å². The number of methoxy groups -OCH3 is 6. The lowest BCUT2D eigenvalue weighted by Gasteiger charge is -2.08. The number of ether oxygens (including phenoxy) is 11. The minimum absolute atomic E-state index is 0.154.